The molecule has 8 nitrogen and oxygen atoms in total. The molecule has 4 rings (SSSR count). The number of aryl methyl sites for hydroxylation is 2. The zero-order chi connectivity index (χ0) is 19.8. The van der Waals surface area contributed by atoms with E-state index in [4.69, 9.17) is 9.52 Å². The highest BCUT2D eigenvalue weighted by Gasteiger charge is 2.29. The Hall–Kier alpha value is -2.84. The minimum Gasteiger partial charge on any atom is -0.475 e. The minimum absolute atomic E-state index is 0.0601. The van der Waals surface area contributed by atoms with Crippen LogP contribution in [0.2, 0.25) is 0 Å². The number of furan rings is 1. The second-order valence-corrected chi connectivity index (χ2v) is 7.34. The van der Waals surface area contributed by atoms with Gasteiger partial charge in [0.1, 0.15) is 5.76 Å². The van der Waals surface area contributed by atoms with E-state index in [1.807, 2.05) is 25.1 Å². The van der Waals surface area contributed by atoms with E-state index in [9.17, 15) is 14.7 Å². The third kappa shape index (κ3) is 3.36. The van der Waals surface area contributed by atoms with Gasteiger partial charge in [0.2, 0.25) is 5.76 Å². The molecule has 2 unspecified atom stereocenters. The first-order valence-electron chi connectivity index (χ1n) is 9.41. The van der Waals surface area contributed by atoms with Gasteiger partial charge < -0.3 is 24.9 Å². The summed E-state index contributed by atoms with van der Waals surface area (Å²) < 4.78 is 6.98. The van der Waals surface area contributed by atoms with Crippen molar-refractivity contribution in [2.45, 2.75) is 50.9 Å². The van der Waals surface area contributed by atoms with Crippen LogP contribution in [0.5, 0.6) is 0 Å². The van der Waals surface area contributed by atoms with Crippen LogP contribution >= 0.6 is 0 Å². The summed E-state index contributed by atoms with van der Waals surface area (Å²) in [4.78, 5) is 25.9. The van der Waals surface area contributed by atoms with Crippen molar-refractivity contribution in [1.29, 1.82) is 0 Å². The van der Waals surface area contributed by atoms with Crippen molar-refractivity contribution in [3.8, 4) is 0 Å². The van der Waals surface area contributed by atoms with Crippen molar-refractivity contribution in [1.82, 2.24) is 14.9 Å². The SMILES string of the molecule is CC(CCc1ccc(C(=O)O)o1)N[C@@H]1CCn2c(=O)[nH]c3cccc(c32)C1O. The van der Waals surface area contributed by atoms with Gasteiger partial charge in [-0.05, 0) is 38.0 Å². The van der Waals surface area contributed by atoms with E-state index in [-0.39, 0.29) is 23.5 Å². The Morgan fingerprint density at radius 2 is 2.21 bits per heavy atom. The van der Waals surface area contributed by atoms with Crippen LogP contribution in [0, 0.1) is 0 Å². The summed E-state index contributed by atoms with van der Waals surface area (Å²) in [6, 6.07) is 8.56. The third-order valence-corrected chi connectivity index (χ3v) is 5.38. The Morgan fingerprint density at radius 3 is 2.96 bits per heavy atom. The molecule has 0 spiro atoms. The number of aromatic nitrogens is 2. The number of hydrogen-bond acceptors (Lipinski definition) is 5. The molecule has 148 valence electrons. The fourth-order valence-electron chi connectivity index (χ4n) is 3.95. The summed E-state index contributed by atoms with van der Waals surface area (Å²) in [5.74, 6) is -0.512. The van der Waals surface area contributed by atoms with Gasteiger partial charge in [-0.2, -0.15) is 0 Å². The van der Waals surface area contributed by atoms with Gasteiger partial charge >= 0.3 is 11.7 Å². The summed E-state index contributed by atoms with van der Waals surface area (Å²) in [6.45, 7) is 2.55. The molecule has 0 saturated carbocycles. The number of rotatable bonds is 6. The predicted octanol–water partition coefficient (Wildman–Crippen LogP) is 2.04. The number of carboxylic acid groups (broad SMARTS) is 1. The van der Waals surface area contributed by atoms with Crippen molar-refractivity contribution in [2.75, 3.05) is 0 Å². The largest absolute Gasteiger partial charge is 0.475 e. The van der Waals surface area contributed by atoms with Gasteiger partial charge in [-0.15, -0.1) is 0 Å². The number of aromatic carboxylic acids is 1. The molecule has 1 aromatic carbocycles. The lowest BCUT2D eigenvalue weighted by Crippen LogP contribution is -2.41. The third-order valence-electron chi connectivity index (χ3n) is 5.38. The Kier molecular flexibility index (Phi) is 4.82. The number of hydrogen-bond donors (Lipinski definition) is 4. The van der Waals surface area contributed by atoms with Crippen LogP contribution in [-0.2, 0) is 13.0 Å². The Morgan fingerprint density at radius 1 is 1.39 bits per heavy atom. The van der Waals surface area contributed by atoms with Crippen LogP contribution in [0.15, 0.2) is 39.5 Å². The zero-order valence-electron chi connectivity index (χ0n) is 15.5. The number of nitrogens with zero attached hydrogens (tertiary/aromatic N) is 1. The lowest BCUT2D eigenvalue weighted by Gasteiger charge is -2.26. The number of carboxylic acids is 1. The van der Waals surface area contributed by atoms with Crippen molar-refractivity contribution in [3.05, 3.63) is 57.9 Å². The lowest BCUT2D eigenvalue weighted by atomic mass is 9.98. The highest BCUT2D eigenvalue weighted by Crippen LogP contribution is 2.30. The maximum atomic E-state index is 12.2. The number of nitrogens with one attached hydrogen (secondary N) is 2. The second-order valence-electron chi connectivity index (χ2n) is 7.34. The van der Waals surface area contributed by atoms with Crippen LogP contribution in [0.3, 0.4) is 0 Å². The Labute approximate surface area is 160 Å². The monoisotopic (exact) mass is 385 g/mol. The number of aliphatic hydroxyl groups excluding tert-OH is 1. The molecule has 0 aliphatic carbocycles. The molecular formula is C20H23N3O5. The van der Waals surface area contributed by atoms with Gasteiger partial charge in [0.05, 0.1) is 17.1 Å². The number of para-hydroxylation sites is 1. The summed E-state index contributed by atoms with van der Waals surface area (Å²) in [6.07, 6.45) is 1.22. The fourth-order valence-corrected chi connectivity index (χ4v) is 3.95. The van der Waals surface area contributed by atoms with Gasteiger partial charge in [0.25, 0.3) is 0 Å². The van der Waals surface area contributed by atoms with E-state index in [2.05, 4.69) is 10.3 Å². The molecule has 3 atom stereocenters. The van der Waals surface area contributed by atoms with Gasteiger partial charge in [-0.3, -0.25) is 4.57 Å². The van der Waals surface area contributed by atoms with Gasteiger partial charge in [-0.1, -0.05) is 12.1 Å². The molecule has 2 aromatic heterocycles. The standard InChI is InChI=1S/C20H23N3O5/c1-11(5-6-12-7-8-16(28-12)19(25)26)21-15-9-10-23-17-13(18(15)24)3-2-4-14(17)22-20(23)27/h2-4,7-8,11,15,18,21,24H,5-6,9-10H2,1H3,(H,22,27)(H,25,26)/t11?,15-,18?/m1/s1. The topological polar surface area (TPSA) is 120 Å². The van der Waals surface area contributed by atoms with E-state index >= 15 is 0 Å². The van der Waals surface area contributed by atoms with Crippen molar-refractivity contribution in [3.63, 3.8) is 0 Å². The molecule has 3 heterocycles. The van der Waals surface area contributed by atoms with Gasteiger partial charge in [0, 0.05) is 30.6 Å². The summed E-state index contributed by atoms with van der Waals surface area (Å²) >= 11 is 0. The average Bonchev–Trinajstić information content (AvgIpc) is 3.23. The Balaban J connectivity index is 1.44. The maximum Gasteiger partial charge on any atom is 0.371 e. The smallest absolute Gasteiger partial charge is 0.371 e. The van der Waals surface area contributed by atoms with Crippen LogP contribution in [0.4, 0.5) is 0 Å². The van der Waals surface area contributed by atoms with E-state index in [0.717, 1.165) is 23.0 Å². The number of H-pyrrole nitrogens is 1. The zero-order valence-corrected chi connectivity index (χ0v) is 15.5. The molecule has 0 saturated heterocycles. The summed E-state index contributed by atoms with van der Waals surface area (Å²) in [5.41, 5.74) is 2.10. The number of aliphatic hydroxyl groups is 1. The van der Waals surface area contributed by atoms with Crippen LogP contribution < -0.4 is 11.0 Å². The predicted molar refractivity (Wildman–Crippen MR) is 103 cm³/mol. The maximum absolute atomic E-state index is 12.2. The molecule has 3 aromatic rings. The quantitative estimate of drug-likeness (QED) is 0.515. The van der Waals surface area contributed by atoms with Gasteiger partial charge in [-0.25, -0.2) is 9.59 Å². The number of aromatic amines is 1. The van der Waals surface area contributed by atoms with Crippen molar-refractivity contribution >= 4 is 17.0 Å². The average molecular weight is 385 g/mol. The number of carbonyl (C=O) groups is 1. The van der Waals surface area contributed by atoms with E-state index in [1.54, 1.807) is 10.6 Å². The van der Waals surface area contributed by atoms with Crippen LogP contribution in [-0.4, -0.2) is 37.8 Å². The normalized spacial score (nSPS) is 20.2. The molecular weight excluding hydrogens is 362 g/mol. The molecule has 8 heteroatoms. The first kappa shape index (κ1) is 18.5. The summed E-state index contributed by atoms with van der Waals surface area (Å²) in [7, 11) is 0. The molecule has 4 N–H and O–H groups in total. The van der Waals surface area contributed by atoms with E-state index in [0.29, 0.717) is 25.1 Å². The van der Waals surface area contributed by atoms with E-state index in [1.165, 1.54) is 6.07 Å². The molecule has 0 fully saturated rings. The second kappa shape index (κ2) is 7.29. The minimum atomic E-state index is -1.08. The molecule has 0 amide bonds. The summed E-state index contributed by atoms with van der Waals surface area (Å²) in [5, 5.41) is 23.3. The van der Waals surface area contributed by atoms with Crippen LogP contribution in [0.1, 0.15) is 47.7 Å². The number of benzene rings is 1. The lowest BCUT2D eigenvalue weighted by molar-refractivity contribution is 0.0660. The molecule has 1 aliphatic heterocycles. The first-order chi connectivity index (χ1) is 13.4. The van der Waals surface area contributed by atoms with Crippen molar-refractivity contribution < 1.29 is 19.4 Å². The fraction of sp³-hybridized carbons (Fsp3) is 0.400. The molecule has 1 aliphatic rings. The first-order valence-corrected chi connectivity index (χ1v) is 9.41. The Bertz CT molecular complexity index is 1060. The van der Waals surface area contributed by atoms with Crippen molar-refractivity contribution in [2.24, 2.45) is 0 Å². The highest BCUT2D eigenvalue weighted by atomic mass is 16.4. The molecule has 0 bridgehead atoms. The van der Waals surface area contributed by atoms with E-state index < -0.39 is 12.1 Å². The van der Waals surface area contributed by atoms with Gasteiger partial charge in [0.15, 0.2) is 0 Å². The molecule has 0 radical (unpaired) electrons. The van der Waals surface area contributed by atoms with Crippen LogP contribution in [0.25, 0.3) is 11.0 Å². The highest BCUT2D eigenvalue weighted by molar-refractivity contribution is 5.84. The number of imidazole rings is 1. The molecule has 28 heavy (non-hydrogen) atoms.